The molecule has 1 aromatic rings. The molecule has 1 unspecified atom stereocenters. The Balaban J connectivity index is 2.15. The van der Waals surface area contributed by atoms with Gasteiger partial charge in [-0.3, -0.25) is 0 Å². The molecular weight excluding hydrogens is 241 g/mol. The zero-order chi connectivity index (χ0) is 13.4. The monoisotopic (exact) mass is 258 g/mol. The van der Waals surface area contributed by atoms with Gasteiger partial charge >= 0.3 is 6.18 Å². The van der Waals surface area contributed by atoms with Gasteiger partial charge in [-0.1, -0.05) is 12.1 Å². The lowest BCUT2D eigenvalue weighted by molar-refractivity contribution is -0.137. The zero-order valence-electron chi connectivity index (χ0n) is 10.4. The fourth-order valence-corrected chi connectivity index (χ4v) is 2.34. The molecule has 2 nitrogen and oxygen atoms in total. The van der Waals surface area contributed by atoms with Crippen LogP contribution in [0.4, 0.5) is 18.9 Å². The van der Waals surface area contributed by atoms with Crippen molar-refractivity contribution in [1.82, 2.24) is 5.32 Å². The molecular formula is C13H17F3N2. The van der Waals surface area contributed by atoms with Crippen molar-refractivity contribution < 1.29 is 13.2 Å². The molecule has 1 saturated heterocycles. The van der Waals surface area contributed by atoms with Crippen LogP contribution in [0.2, 0.25) is 0 Å². The molecule has 0 aliphatic carbocycles. The van der Waals surface area contributed by atoms with Gasteiger partial charge in [0.2, 0.25) is 0 Å². The summed E-state index contributed by atoms with van der Waals surface area (Å²) in [5.41, 5.74) is -0.464. The van der Waals surface area contributed by atoms with Crippen molar-refractivity contribution in [2.24, 2.45) is 0 Å². The van der Waals surface area contributed by atoms with Crippen LogP contribution in [-0.2, 0) is 6.18 Å². The van der Waals surface area contributed by atoms with Crippen molar-refractivity contribution in [1.29, 1.82) is 0 Å². The van der Waals surface area contributed by atoms with E-state index in [4.69, 9.17) is 0 Å². The highest BCUT2D eigenvalue weighted by Gasteiger charge is 2.35. The van der Waals surface area contributed by atoms with E-state index in [2.05, 4.69) is 10.6 Å². The molecule has 5 heteroatoms. The van der Waals surface area contributed by atoms with E-state index in [0.29, 0.717) is 6.54 Å². The minimum absolute atomic E-state index is 0.0230. The van der Waals surface area contributed by atoms with E-state index in [1.54, 1.807) is 6.07 Å². The molecule has 0 spiro atoms. The zero-order valence-corrected chi connectivity index (χ0v) is 10.4. The van der Waals surface area contributed by atoms with Crippen molar-refractivity contribution in [3.8, 4) is 0 Å². The van der Waals surface area contributed by atoms with Gasteiger partial charge < -0.3 is 10.6 Å². The highest BCUT2D eigenvalue weighted by atomic mass is 19.4. The lowest BCUT2D eigenvalue weighted by atomic mass is 10.0. The number of alkyl halides is 3. The standard InChI is InChI=1S/C13H17F3N2/c1-12(2)7-9(8-17-12)18-11-6-4-3-5-10(11)13(14,15)16/h3-6,9,17-18H,7-8H2,1-2H3. The van der Waals surface area contributed by atoms with Crippen LogP contribution < -0.4 is 10.6 Å². The van der Waals surface area contributed by atoms with Gasteiger partial charge in [-0.25, -0.2) is 0 Å². The quantitative estimate of drug-likeness (QED) is 0.850. The average molecular weight is 258 g/mol. The third-order valence-corrected chi connectivity index (χ3v) is 3.18. The first-order valence-electron chi connectivity index (χ1n) is 5.96. The first kappa shape index (κ1) is 13.2. The predicted molar refractivity (Wildman–Crippen MR) is 65.6 cm³/mol. The van der Waals surface area contributed by atoms with Crippen molar-refractivity contribution in [2.75, 3.05) is 11.9 Å². The van der Waals surface area contributed by atoms with Crippen LogP contribution >= 0.6 is 0 Å². The van der Waals surface area contributed by atoms with Gasteiger partial charge in [0.15, 0.2) is 0 Å². The van der Waals surface area contributed by atoms with Crippen LogP contribution in [0.25, 0.3) is 0 Å². The normalized spacial score (nSPS) is 23.1. The topological polar surface area (TPSA) is 24.1 Å². The lowest BCUT2D eigenvalue weighted by Crippen LogP contribution is -2.31. The summed E-state index contributed by atoms with van der Waals surface area (Å²) in [6, 6.07) is 5.64. The molecule has 2 N–H and O–H groups in total. The number of hydrogen-bond donors (Lipinski definition) is 2. The third-order valence-electron chi connectivity index (χ3n) is 3.18. The fourth-order valence-electron chi connectivity index (χ4n) is 2.34. The maximum atomic E-state index is 12.8. The maximum Gasteiger partial charge on any atom is 0.418 e. The molecule has 1 fully saturated rings. The Hall–Kier alpha value is -1.23. The van der Waals surface area contributed by atoms with E-state index in [-0.39, 0.29) is 17.3 Å². The van der Waals surface area contributed by atoms with E-state index in [9.17, 15) is 13.2 Å². The van der Waals surface area contributed by atoms with E-state index >= 15 is 0 Å². The Morgan fingerprint density at radius 2 is 1.94 bits per heavy atom. The summed E-state index contributed by atoms with van der Waals surface area (Å²) in [5.74, 6) is 0. The molecule has 0 saturated carbocycles. The first-order chi connectivity index (χ1) is 8.28. The number of rotatable bonds is 2. The molecule has 0 aromatic heterocycles. The van der Waals surface area contributed by atoms with Gasteiger partial charge in [-0.05, 0) is 32.4 Å². The Kier molecular flexibility index (Phi) is 3.27. The molecule has 1 aliphatic heterocycles. The van der Waals surface area contributed by atoms with Crippen molar-refractivity contribution >= 4 is 5.69 Å². The number of benzene rings is 1. The van der Waals surface area contributed by atoms with Crippen molar-refractivity contribution in [2.45, 2.75) is 38.0 Å². The van der Waals surface area contributed by atoms with Crippen LogP contribution in [0.1, 0.15) is 25.8 Å². The van der Waals surface area contributed by atoms with Gasteiger partial charge in [-0.15, -0.1) is 0 Å². The second-order valence-electron chi connectivity index (χ2n) is 5.35. The van der Waals surface area contributed by atoms with E-state index in [0.717, 1.165) is 12.5 Å². The summed E-state index contributed by atoms with van der Waals surface area (Å²) in [6.07, 6.45) is -3.51. The first-order valence-corrected chi connectivity index (χ1v) is 5.96. The fraction of sp³-hybridized carbons (Fsp3) is 0.538. The Labute approximate surface area is 105 Å². The SMILES string of the molecule is CC1(C)CC(Nc2ccccc2C(F)(F)F)CN1. The van der Waals surface area contributed by atoms with Crippen LogP contribution in [0.15, 0.2) is 24.3 Å². The number of nitrogens with one attached hydrogen (secondary N) is 2. The van der Waals surface area contributed by atoms with Gasteiger partial charge in [-0.2, -0.15) is 13.2 Å². The Morgan fingerprint density at radius 3 is 2.50 bits per heavy atom. The second-order valence-corrected chi connectivity index (χ2v) is 5.35. The van der Waals surface area contributed by atoms with Gasteiger partial charge in [0, 0.05) is 23.8 Å². The molecule has 100 valence electrons. The molecule has 2 rings (SSSR count). The van der Waals surface area contributed by atoms with Crippen molar-refractivity contribution in [3.63, 3.8) is 0 Å². The minimum atomic E-state index is -4.31. The predicted octanol–water partition coefficient (Wildman–Crippen LogP) is 3.26. The highest BCUT2D eigenvalue weighted by molar-refractivity contribution is 5.53. The summed E-state index contributed by atoms with van der Waals surface area (Å²) >= 11 is 0. The van der Waals surface area contributed by atoms with E-state index in [1.807, 2.05) is 13.8 Å². The summed E-state index contributed by atoms with van der Waals surface area (Å²) in [6.45, 7) is 4.77. The van der Waals surface area contributed by atoms with Gasteiger partial charge in [0.05, 0.1) is 5.56 Å². The number of para-hydroxylation sites is 1. The van der Waals surface area contributed by atoms with Gasteiger partial charge in [0.1, 0.15) is 0 Å². The highest BCUT2D eigenvalue weighted by Crippen LogP contribution is 2.35. The summed E-state index contributed by atoms with van der Waals surface area (Å²) < 4.78 is 38.5. The smallest absolute Gasteiger partial charge is 0.380 e. The van der Waals surface area contributed by atoms with Crippen LogP contribution in [-0.4, -0.2) is 18.1 Å². The Morgan fingerprint density at radius 1 is 1.28 bits per heavy atom. The van der Waals surface area contributed by atoms with Crippen LogP contribution in [0.5, 0.6) is 0 Å². The number of anilines is 1. The Bertz CT molecular complexity index is 426. The summed E-state index contributed by atoms with van der Waals surface area (Å²) in [4.78, 5) is 0. The third kappa shape index (κ3) is 2.96. The number of hydrogen-bond acceptors (Lipinski definition) is 2. The largest absolute Gasteiger partial charge is 0.418 e. The molecule has 0 radical (unpaired) electrons. The molecule has 1 atom stereocenters. The van der Waals surface area contributed by atoms with Crippen LogP contribution in [0.3, 0.4) is 0 Å². The molecule has 1 aliphatic rings. The molecule has 1 aromatic carbocycles. The molecule has 18 heavy (non-hydrogen) atoms. The van der Waals surface area contributed by atoms with Crippen LogP contribution in [0, 0.1) is 0 Å². The maximum absolute atomic E-state index is 12.8. The minimum Gasteiger partial charge on any atom is -0.380 e. The lowest BCUT2D eigenvalue weighted by Gasteiger charge is -2.20. The summed E-state index contributed by atoms with van der Waals surface area (Å²) in [5, 5.41) is 6.27. The summed E-state index contributed by atoms with van der Waals surface area (Å²) in [7, 11) is 0. The van der Waals surface area contributed by atoms with Gasteiger partial charge in [0.25, 0.3) is 0 Å². The molecule has 0 amide bonds. The average Bonchev–Trinajstić information content (AvgIpc) is 2.57. The second kappa shape index (κ2) is 4.46. The van der Waals surface area contributed by atoms with Crippen molar-refractivity contribution in [3.05, 3.63) is 29.8 Å². The molecule has 0 bridgehead atoms. The molecule has 1 heterocycles. The van der Waals surface area contributed by atoms with E-state index < -0.39 is 11.7 Å². The van der Waals surface area contributed by atoms with E-state index in [1.165, 1.54) is 12.1 Å². The number of halogens is 3.